The smallest absolute Gasteiger partial charge is 0.264 e. The van der Waals surface area contributed by atoms with Crippen LogP contribution in [0, 0.1) is 6.92 Å². The van der Waals surface area contributed by atoms with Crippen molar-refractivity contribution in [3.63, 3.8) is 0 Å². The van der Waals surface area contributed by atoms with Crippen LogP contribution in [0.3, 0.4) is 0 Å². The molecule has 3 aromatic rings. The maximum absolute atomic E-state index is 13.8. The van der Waals surface area contributed by atoms with E-state index in [0.29, 0.717) is 15.6 Å². The summed E-state index contributed by atoms with van der Waals surface area (Å²) < 4.78 is 28.5. The molecule has 2 amide bonds. The minimum atomic E-state index is -4.23. The number of nitrogens with one attached hydrogen (secondary N) is 1. The summed E-state index contributed by atoms with van der Waals surface area (Å²) in [5.41, 5.74) is 1.53. The third-order valence-corrected chi connectivity index (χ3v) is 8.96. The first kappa shape index (κ1) is 30.1. The zero-order valence-corrected chi connectivity index (χ0v) is 24.6. The van der Waals surface area contributed by atoms with Gasteiger partial charge in [-0.3, -0.25) is 13.9 Å². The van der Waals surface area contributed by atoms with Gasteiger partial charge in [0.25, 0.3) is 10.0 Å². The Balaban J connectivity index is 2.07. The highest BCUT2D eigenvalue weighted by atomic mass is 35.5. The van der Waals surface area contributed by atoms with Gasteiger partial charge in [-0.05, 0) is 61.9 Å². The van der Waals surface area contributed by atoms with Gasteiger partial charge in [0.2, 0.25) is 11.8 Å². The topological polar surface area (TPSA) is 86.8 Å². The second kappa shape index (κ2) is 12.6. The van der Waals surface area contributed by atoms with Crippen molar-refractivity contribution < 1.29 is 18.0 Å². The van der Waals surface area contributed by atoms with Crippen LogP contribution in [-0.4, -0.2) is 44.8 Å². The van der Waals surface area contributed by atoms with E-state index in [1.807, 2.05) is 6.92 Å². The molecule has 38 heavy (non-hydrogen) atoms. The highest BCUT2D eigenvalue weighted by Crippen LogP contribution is 2.31. The second-order valence-corrected chi connectivity index (χ2v) is 12.0. The molecule has 0 aromatic heterocycles. The number of anilines is 1. The summed E-state index contributed by atoms with van der Waals surface area (Å²) in [6.45, 7) is 2.68. The predicted octanol–water partition coefficient (Wildman–Crippen LogP) is 5.97. The summed E-state index contributed by atoms with van der Waals surface area (Å²) in [7, 11) is -2.78. The van der Waals surface area contributed by atoms with Crippen molar-refractivity contribution in [1.82, 2.24) is 10.2 Å². The number of aryl methyl sites for hydroxylation is 1. The zero-order chi connectivity index (χ0) is 28.2. The molecule has 0 heterocycles. The molecule has 0 aliphatic heterocycles. The molecule has 0 bridgehead atoms. The minimum absolute atomic E-state index is 0.0198. The van der Waals surface area contributed by atoms with Crippen LogP contribution in [-0.2, 0) is 26.2 Å². The van der Waals surface area contributed by atoms with Gasteiger partial charge in [-0.25, -0.2) is 8.42 Å². The molecule has 3 aromatic carbocycles. The van der Waals surface area contributed by atoms with Crippen LogP contribution in [0.5, 0.6) is 0 Å². The minimum Gasteiger partial charge on any atom is -0.357 e. The molecular formula is C26H25Cl4N3O4S. The molecule has 7 nitrogen and oxygen atoms in total. The molecule has 202 valence electrons. The van der Waals surface area contributed by atoms with Crippen molar-refractivity contribution in [2.24, 2.45) is 0 Å². The first-order valence-corrected chi connectivity index (χ1v) is 14.3. The van der Waals surface area contributed by atoms with Gasteiger partial charge in [0, 0.05) is 23.6 Å². The lowest BCUT2D eigenvalue weighted by Gasteiger charge is -2.32. The Bertz CT molecular complexity index is 1450. The van der Waals surface area contributed by atoms with Gasteiger partial charge in [0.1, 0.15) is 12.6 Å². The van der Waals surface area contributed by atoms with E-state index in [-0.39, 0.29) is 27.2 Å². The van der Waals surface area contributed by atoms with Gasteiger partial charge in [-0.1, -0.05) is 70.2 Å². The van der Waals surface area contributed by atoms with E-state index < -0.39 is 34.4 Å². The molecule has 0 aliphatic rings. The molecule has 1 N–H and O–H groups in total. The van der Waals surface area contributed by atoms with E-state index >= 15 is 0 Å². The van der Waals surface area contributed by atoms with Crippen LogP contribution in [0.4, 0.5) is 5.69 Å². The lowest BCUT2D eigenvalue weighted by Crippen LogP contribution is -2.50. The van der Waals surface area contributed by atoms with Crippen molar-refractivity contribution in [3.05, 3.63) is 91.9 Å². The van der Waals surface area contributed by atoms with Crippen molar-refractivity contribution in [3.8, 4) is 0 Å². The van der Waals surface area contributed by atoms with Gasteiger partial charge < -0.3 is 10.2 Å². The number of likely N-dealkylation sites (N-methyl/N-ethyl adjacent to an activating group) is 1. The summed E-state index contributed by atoms with van der Waals surface area (Å²) >= 11 is 24.6. The quantitative estimate of drug-likeness (QED) is 0.321. The lowest BCUT2D eigenvalue weighted by atomic mass is 10.1. The molecule has 1 unspecified atom stereocenters. The van der Waals surface area contributed by atoms with Crippen molar-refractivity contribution in [2.45, 2.75) is 31.3 Å². The fourth-order valence-electron chi connectivity index (χ4n) is 3.63. The van der Waals surface area contributed by atoms with Crippen molar-refractivity contribution >= 4 is 73.9 Å². The number of benzene rings is 3. The first-order valence-electron chi connectivity index (χ1n) is 11.3. The number of nitrogens with zero attached hydrogens (tertiary/aromatic N) is 2. The molecule has 0 aliphatic carbocycles. The molecule has 0 saturated carbocycles. The van der Waals surface area contributed by atoms with Crippen molar-refractivity contribution in [2.75, 3.05) is 17.9 Å². The van der Waals surface area contributed by atoms with Crippen LogP contribution < -0.4 is 9.62 Å². The third kappa shape index (κ3) is 6.93. The Hall–Kier alpha value is -2.49. The molecule has 0 radical (unpaired) electrons. The Kier molecular flexibility index (Phi) is 9.95. The fourth-order valence-corrected chi connectivity index (χ4v) is 5.80. The second-order valence-electron chi connectivity index (χ2n) is 8.47. The Labute approximate surface area is 242 Å². The third-order valence-electron chi connectivity index (χ3n) is 5.85. The van der Waals surface area contributed by atoms with Crippen LogP contribution in [0.25, 0.3) is 0 Å². The number of hydrogen-bond donors (Lipinski definition) is 1. The molecule has 0 spiro atoms. The van der Waals surface area contributed by atoms with Gasteiger partial charge in [0.15, 0.2) is 0 Å². The normalized spacial score (nSPS) is 12.1. The van der Waals surface area contributed by atoms with Gasteiger partial charge in [-0.2, -0.15) is 0 Å². The number of halogens is 4. The maximum atomic E-state index is 13.8. The summed E-state index contributed by atoms with van der Waals surface area (Å²) in [6, 6.07) is 14.3. The van der Waals surface area contributed by atoms with E-state index in [0.717, 1.165) is 9.87 Å². The van der Waals surface area contributed by atoms with Crippen LogP contribution in [0.1, 0.15) is 18.1 Å². The van der Waals surface area contributed by atoms with Crippen LogP contribution >= 0.6 is 46.4 Å². The summed E-state index contributed by atoms with van der Waals surface area (Å²) in [5.74, 6) is -1.08. The van der Waals surface area contributed by atoms with E-state index in [2.05, 4.69) is 5.32 Å². The summed E-state index contributed by atoms with van der Waals surface area (Å²) in [6.07, 6.45) is 0. The van der Waals surface area contributed by atoms with Gasteiger partial charge in [0.05, 0.1) is 20.6 Å². The number of sulfonamides is 1. The Morgan fingerprint density at radius 2 is 1.55 bits per heavy atom. The number of amides is 2. The largest absolute Gasteiger partial charge is 0.357 e. The maximum Gasteiger partial charge on any atom is 0.264 e. The molecule has 0 saturated heterocycles. The molecule has 3 rings (SSSR count). The van der Waals surface area contributed by atoms with Crippen LogP contribution in [0.15, 0.2) is 65.6 Å². The Morgan fingerprint density at radius 1 is 0.895 bits per heavy atom. The molecule has 12 heteroatoms. The molecule has 0 fully saturated rings. The first-order chi connectivity index (χ1) is 17.8. The van der Waals surface area contributed by atoms with Gasteiger partial charge >= 0.3 is 0 Å². The average molecular weight is 617 g/mol. The number of carbonyl (C=O) groups is 2. The summed E-state index contributed by atoms with van der Waals surface area (Å²) in [4.78, 5) is 27.6. The lowest BCUT2D eigenvalue weighted by molar-refractivity contribution is -0.139. The molecular weight excluding hydrogens is 592 g/mol. The highest BCUT2D eigenvalue weighted by Gasteiger charge is 2.32. The zero-order valence-electron chi connectivity index (χ0n) is 20.7. The Morgan fingerprint density at radius 3 is 2.13 bits per heavy atom. The number of carbonyl (C=O) groups excluding carboxylic acids is 2. The van der Waals surface area contributed by atoms with Gasteiger partial charge in [-0.15, -0.1) is 0 Å². The number of rotatable bonds is 9. The summed E-state index contributed by atoms with van der Waals surface area (Å²) in [5, 5.41) is 3.56. The fraction of sp³-hybridized carbons (Fsp3) is 0.231. The SMILES string of the molecule is CNC(=O)C(C)N(Cc1ccc(Cl)cc1Cl)C(=O)CN(c1ccc(Cl)c(Cl)c1)S(=O)(=O)c1ccc(C)cc1. The predicted molar refractivity (Wildman–Crippen MR) is 153 cm³/mol. The van der Waals surface area contributed by atoms with Crippen LogP contribution in [0.2, 0.25) is 20.1 Å². The van der Waals surface area contributed by atoms with E-state index in [1.165, 1.54) is 48.3 Å². The van der Waals surface area contributed by atoms with Crippen molar-refractivity contribution in [1.29, 1.82) is 0 Å². The average Bonchev–Trinajstić information content (AvgIpc) is 2.87. The monoisotopic (exact) mass is 615 g/mol. The van der Waals surface area contributed by atoms with E-state index in [4.69, 9.17) is 46.4 Å². The standard InChI is InChI=1S/C26H25Cl4N3O4S/c1-16-4-9-21(10-5-16)38(36,37)33(20-8-11-22(28)24(30)13-20)15-25(34)32(17(2)26(35)31-3)14-18-6-7-19(27)12-23(18)29/h4-13,17H,14-15H2,1-3H3,(H,31,35). The molecule has 1 atom stereocenters. The highest BCUT2D eigenvalue weighted by molar-refractivity contribution is 7.92. The van der Waals surface area contributed by atoms with E-state index in [1.54, 1.807) is 31.2 Å². The van der Waals surface area contributed by atoms with E-state index in [9.17, 15) is 18.0 Å². The number of hydrogen-bond acceptors (Lipinski definition) is 4.